The largest absolute Gasteiger partial charge is 0.368 e. The minimum atomic E-state index is -0.162. The highest BCUT2D eigenvalue weighted by atomic mass is 16.5. The Morgan fingerprint density at radius 1 is 1.35 bits per heavy atom. The van der Waals surface area contributed by atoms with E-state index in [9.17, 15) is 4.79 Å². The van der Waals surface area contributed by atoms with Crippen molar-refractivity contribution >= 4 is 5.91 Å². The van der Waals surface area contributed by atoms with E-state index in [1.54, 1.807) is 0 Å². The predicted octanol–water partition coefficient (Wildman–Crippen LogP) is 2.04. The zero-order chi connectivity index (χ0) is 13.8. The molecular weight excluding hydrogens is 252 g/mol. The first-order valence-corrected chi connectivity index (χ1v) is 7.62. The second-order valence-corrected chi connectivity index (χ2v) is 5.84. The number of likely N-dealkylation sites (tertiary alicyclic amines) is 1. The Kier molecular flexibility index (Phi) is 4.31. The fourth-order valence-corrected chi connectivity index (χ4v) is 3.19. The Morgan fingerprint density at radius 3 is 2.85 bits per heavy atom. The zero-order valence-corrected chi connectivity index (χ0v) is 11.8. The van der Waals surface area contributed by atoms with Crippen molar-refractivity contribution in [2.75, 3.05) is 19.7 Å². The molecule has 3 rings (SSSR count). The number of piperidine rings is 1. The standard InChI is InChI=1S/C16H22N2O2/c19-16(15-4-2-10-20-15)18-8-5-13(6-9-18)11-14-3-1-7-17-12-14/h1,3,7,12-13,15H,2,4-6,8-11H2/t15-/m0/s1. The maximum absolute atomic E-state index is 12.3. The highest BCUT2D eigenvalue weighted by Gasteiger charge is 2.30. The molecule has 0 unspecified atom stereocenters. The van der Waals surface area contributed by atoms with Gasteiger partial charge in [-0.3, -0.25) is 9.78 Å². The van der Waals surface area contributed by atoms with Crippen LogP contribution in [0.1, 0.15) is 31.2 Å². The van der Waals surface area contributed by atoms with E-state index in [0.717, 1.165) is 51.8 Å². The van der Waals surface area contributed by atoms with Crippen LogP contribution in [0.5, 0.6) is 0 Å². The number of pyridine rings is 1. The third kappa shape index (κ3) is 3.18. The molecule has 0 spiro atoms. The molecule has 4 heteroatoms. The molecule has 1 aromatic heterocycles. The number of hydrogen-bond donors (Lipinski definition) is 0. The molecular formula is C16H22N2O2. The third-order valence-corrected chi connectivity index (χ3v) is 4.38. The second kappa shape index (κ2) is 6.35. The average Bonchev–Trinajstić information content (AvgIpc) is 3.03. The van der Waals surface area contributed by atoms with Gasteiger partial charge in [0.1, 0.15) is 6.10 Å². The molecule has 3 heterocycles. The number of amides is 1. The zero-order valence-electron chi connectivity index (χ0n) is 11.8. The van der Waals surface area contributed by atoms with Gasteiger partial charge in [-0.1, -0.05) is 6.07 Å². The number of ether oxygens (including phenoxy) is 1. The molecule has 108 valence electrons. The Hall–Kier alpha value is -1.42. The van der Waals surface area contributed by atoms with Crippen molar-refractivity contribution in [3.05, 3.63) is 30.1 Å². The minimum absolute atomic E-state index is 0.162. The number of hydrogen-bond acceptors (Lipinski definition) is 3. The van der Waals surface area contributed by atoms with Gasteiger partial charge in [-0.15, -0.1) is 0 Å². The summed E-state index contributed by atoms with van der Waals surface area (Å²) < 4.78 is 5.49. The van der Waals surface area contributed by atoms with E-state index in [1.807, 2.05) is 23.4 Å². The molecule has 1 amide bonds. The van der Waals surface area contributed by atoms with Crippen LogP contribution in [0.25, 0.3) is 0 Å². The van der Waals surface area contributed by atoms with Crippen LogP contribution in [0.4, 0.5) is 0 Å². The molecule has 0 bridgehead atoms. The average molecular weight is 274 g/mol. The van der Waals surface area contributed by atoms with Crippen molar-refractivity contribution in [2.45, 2.75) is 38.2 Å². The maximum Gasteiger partial charge on any atom is 0.251 e. The van der Waals surface area contributed by atoms with Gasteiger partial charge >= 0.3 is 0 Å². The first-order valence-electron chi connectivity index (χ1n) is 7.62. The highest BCUT2D eigenvalue weighted by molar-refractivity contribution is 5.81. The van der Waals surface area contributed by atoms with E-state index in [2.05, 4.69) is 11.1 Å². The molecule has 0 radical (unpaired) electrons. The minimum Gasteiger partial charge on any atom is -0.368 e. The molecule has 2 aliphatic rings. The van der Waals surface area contributed by atoms with Gasteiger partial charge in [-0.25, -0.2) is 0 Å². The smallest absolute Gasteiger partial charge is 0.251 e. The lowest BCUT2D eigenvalue weighted by atomic mass is 9.90. The second-order valence-electron chi connectivity index (χ2n) is 5.84. The van der Waals surface area contributed by atoms with Gasteiger partial charge in [-0.05, 0) is 49.7 Å². The molecule has 0 N–H and O–H groups in total. The summed E-state index contributed by atoms with van der Waals surface area (Å²) in [6.07, 6.45) is 8.78. The number of carbonyl (C=O) groups excluding carboxylic acids is 1. The van der Waals surface area contributed by atoms with Gasteiger partial charge < -0.3 is 9.64 Å². The van der Waals surface area contributed by atoms with Crippen LogP contribution in [0.15, 0.2) is 24.5 Å². The van der Waals surface area contributed by atoms with Crippen LogP contribution in [0.3, 0.4) is 0 Å². The van der Waals surface area contributed by atoms with Crippen molar-refractivity contribution in [3.8, 4) is 0 Å². The first-order chi connectivity index (χ1) is 9.83. The molecule has 1 aromatic rings. The lowest BCUT2D eigenvalue weighted by Gasteiger charge is -2.33. The van der Waals surface area contributed by atoms with Gasteiger partial charge in [0.2, 0.25) is 0 Å². The maximum atomic E-state index is 12.3. The molecule has 1 atom stereocenters. The van der Waals surface area contributed by atoms with E-state index in [-0.39, 0.29) is 12.0 Å². The molecule has 20 heavy (non-hydrogen) atoms. The summed E-state index contributed by atoms with van der Waals surface area (Å²) in [5, 5.41) is 0. The Labute approximate surface area is 120 Å². The van der Waals surface area contributed by atoms with Gasteiger partial charge in [0.15, 0.2) is 0 Å². The lowest BCUT2D eigenvalue weighted by molar-refractivity contribution is -0.142. The SMILES string of the molecule is O=C([C@@H]1CCCO1)N1CCC(Cc2cccnc2)CC1. The van der Waals surface area contributed by atoms with Gasteiger partial charge in [0, 0.05) is 32.1 Å². The van der Waals surface area contributed by atoms with Gasteiger partial charge in [0.25, 0.3) is 5.91 Å². The summed E-state index contributed by atoms with van der Waals surface area (Å²) in [6.45, 7) is 2.50. The summed E-state index contributed by atoms with van der Waals surface area (Å²) in [5.41, 5.74) is 1.30. The Balaban J connectivity index is 1.48. The predicted molar refractivity (Wildman–Crippen MR) is 76.2 cm³/mol. The molecule has 4 nitrogen and oxygen atoms in total. The van der Waals surface area contributed by atoms with Crippen LogP contribution in [0, 0.1) is 5.92 Å². The van der Waals surface area contributed by atoms with Crippen molar-refractivity contribution in [3.63, 3.8) is 0 Å². The van der Waals surface area contributed by atoms with E-state index in [0.29, 0.717) is 5.92 Å². The van der Waals surface area contributed by atoms with Gasteiger partial charge in [-0.2, -0.15) is 0 Å². The molecule has 2 aliphatic heterocycles. The summed E-state index contributed by atoms with van der Waals surface area (Å²) in [5.74, 6) is 0.884. The summed E-state index contributed by atoms with van der Waals surface area (Å²) in [6, 6.07) is 4.13. The lowest BCUT2D eigenvalue weighted by Crippen LogP contribution is -2.44. The summed E-state index contributed by atoms with van der Waals surface area (Å²) in [7, 11) is 0. The summed E-state index contributed by atoms with van der Waals surface area (Å²) in [4.78, 5) is 18.4. The van der Waals surface area contributed by atoms with E-state index in [4.69, 9.17) is 4.74 Å². The fourth-order valence-electron chi connectivity index (χ4n) is 3.19. The monoisotopic (exact) mass is 274 g/mol. The summed E-state index contributed by atoms with van der Waals surface area (Å²) >= 11 is 0. The van der Waals surface area contributed by atoms with Crippen molar-refractivity contribution in [2.24, 2.45) is 5.92 Å². The van der Waals surface area contributed by atoms with E-state index < -0.39 is 0 Å². The Morgan fingerprint density at radius 2 is 2.20 bits per heavy atom. The first kappa shape index (κ1) is 13.6. The van der Waals surface area contributed by atoms with Crippen LogP contribution in [-0.2, 0) is 16.0 Å². The molecule has 2 saturated heterocycles. The quantitative estimate of drug-likeness (QED) is 0.847. The number of nitrogens with zero attached hydrogens (tertiary/aromatic N) is 2. The van der Waals surface area contributed by atoms with Crippen LogP contribution in [-0.4, -0.2) is 41.6 Å². The fraction of sp³-hybridized carbons (Fsp3) is 0.625. The number of rotatable bonds is 3. The normalized spacial score (nSPS) is 24.0. The third-order valence-electron chi connectivity index (χ3n) is 4.38. The molecule has 0 saturated carbocycles. The van der Waals surface area contributed by atoms with Gasteiger partial charge in [0.05, 0.1) is 0 Å². The van der Waals surface area contributed by atoms with Crippen molar-refractivity contribution in [1.29, 1.82) is 0 Å². The topological polar surface area (TPSA) is 42.4 Å². The highest BCUT2D eigenvalue weighted by Crippen LogP contribution is 2.23. The Bertz CT molecular complexity index is 435. The van der Waals surface area contributed by atoms with E-state index in [1.165, 1.54) is 5.56 Å². The van der Waals surface area contributed by atoms with Crippen molar-refractivity contribution < 1.29 is 9.53 Å². The van der Waals surface area contributed by atoms with Crippen LogP contribution < -0.4 is 0 Å². The van der Waals surface area contributed by atoms with Crippen LogP contribution in [0.2, 0.25) is 0 Å². The van der Waals surface area contributed by atoms with Crippen molar-refractivity contribution in [1.82, 2.24) is 9.88 Å². The number of aromatic nitrogens is 1. The van der Waals surface area contributed by atoms with E-state index >= 15 is 0 Å². The molecule has 0 aliphatic carbocycles. The number of carbonyl (C=O) groups is 1. The molecule has 0 aromatic carbocycles. The molecule has 2 fully saturated rings. The van der Waals surface area contributed by atoms with Crippen LogP contribution >= 0.6 is 0 Å².